The second-order valence-electron chi connectivity index (χ2n) is 3.52. The van der Waals surface area contributed by atoms with Crippen LogP contribution in [0, 0.1) is 0 Å². The minimum Gasteiger partial charge on any atom is -0.482 e. The number of nitrogens with zero attached hydrogens (tertiary/aromatic N) is 4. The molecule has 0 bridgehead atoms. The van der Waals surface area contributed by atoms with E-state index in [1.165, 1.54) is 0 Å². The standard InChI is InChI=1S/C12H10N4O/c1-17-11-4-2-3-10-14-15-12(16(10)11)9-5-7-13-8-6-9/h2-8H,1H3. The van der Waals surface area contributed by atoms with Gasteiger partial charge in [-0.15, -0.1) is 10.2 Å². The number of methoxy groups -OCH3 is 1. The van der Waals surface area contributed by atoms with Gasteiger partial charge in [-0.2, -0.15) is 0 Å². The van der Waals surface area contributed by atoms with Gasteiger partial charge in [-0.05, 0) is 24.3 Å². The van der Waals surface area contributed by atoms with Gasteiger partial charge in [0.2, 0.25) is 5.88 Å². The Hall–Kier alpha value is -2.43. The molecule has 0 amide bonds. The third kappa shape index (κ3) is 1.52. The van der Waals surface area contributed by atoms with Crippen LogP contribution < -0.4 is 4.74 Å². The van der Waals surface area contributed by atoms with Crippen LogP contribution in [0.3, 0.4) is 0 Å². The van der Waals surface area contributed by atoms with E-state index in [1.54, 1.807) is 19.5 Å². The van der Waals surface area contributed by atoms with Crippen molar-refractivity contribution in [1.29, 1.82) is 0 Å². The van der Waals surface area contributed by atoms with E-state index < -0.39 is 0 Å². The van der Waals surface area contributed by atoms with E-state index in [9.17, 15) is 0 Å². The number of pyridine rings is 2. The molecule has 3 rings (SSSR count). The second kappa shape index (κ2) is 3.86. The van der Waals surface area contributed by atoms with Crippen LogP contribution in [0.1, 0.15) is 0 Å². The van der Waals surface area contributed by atoms with Gasteiger partial charge in [-0.25, -0.2) is 4.40 Å². The maximum atomic E-state index is 5.32. The zero-order chi connectivity index (χ0) is 11.7. The van der Waals surface area contributed by atoms with Crippen LogP contribution in [0.5, 0.6) is 5.88 Å². The molecule has 0 saturated heterocycles. The summed E-state index contributed by atoms with van der Waals surface area (Å²) in [6.45, 7) is 0. The van der Waals surface area contributed by atoms with Crippen molar-refractivity contribution in [2.45, 2.75) is 0 Å². The van der Waals surface area contributed by atoms with Crippen molar-refractivity contribution in [3.63, 3.8) is 0 Å². The molecule has 0 saturated carbocycles. The first-order valence-corrected chi connectivity index (χ1v) is 5.18. The van der Waals surface area contributed by atoms with E-state index in [2.05, 4.69) is 15.2 Å². The fourth-order valence-corrected chi connectivity index (χ4v) is 1.76. The topological polar surface area (TPSA) is 52.3 Å². The summed E-state index contributed by atoms with van der Waals surface area (Å²) in [7, 11) is 1.63. The molecule has 3 heterocycles. The molecule has 0 aliphatic heterocycles. The van der Waals surface area contributed by atoms with Crippen molar-refractivity contribution in [3.8, 4) is 17.3 Å². The summed E-state index contributed by atoms with van der Waals surface area (Å²) >= 11 is 0. The van der Waals surface area contributed by atoms with Gasteiger partial charge in [0.05, 0.1) is 7.11 Å². The van der Waals surface area contributed by atoms with Gasteiger partial charge in [-0.1, -0.05) is 6.07 Å². The SMILES string of the molecule is COc1cccc2nnc(-c3ccncc3)n12. The normalized spacial score (nSPS) is 10.6. The number of hydrogen-bond donors (Lipinski definition) is 0. The average Bonchev–Trinajstić information content (AvgIpc) is 2.83. The molecule has 0 fully saturated rings. The lowest BCUT2D eigenvalue weighted by molar-refractivity contribution is 0.393. The highest BCUT2D eigenvalue weighted by atomic mass is 16.5. The van der Waals surface area contributed by atoms with E-state index in [4.69, 9.17) is 4.74 Å². The van der Waals surface area contributed by atoms with Crippen LogP contribution >= 0.6 is 0 Å². The molecule has 5 heteroatoms. The Bertz CT molecular complexity index is 648. The lowest BCUT2D eigenvalue weighted by Gasteiger charge is -2.05. The molecular formula is C12H10N4O. The highest BCUT2D eigenvalue weighted by Gasteiger charge is 2.10. The van der Waals surface area contributed by atoms with Crippen LogP contribution in [0.15, 0.2) is 42.7 Å². The molecule has 0 N–H and O–H groups in total. The summed E-state index contributed by atoms with van der Waals surface area (Å²) in [4.78, 5) is 3.99. The van der Waals surface area contributed by atoms with Gasteiger partial charge in [0.1, 0.15) is 0 Å². The molecule has 0 spiro atoms. The average molecular weight is 226 g/mol. The van der Waals surface area contributed by atoms with Gasteiger partial charge in [-0.3, -0.25) is 4.98 Å². The predicted octanol–water partition coefficient (Wildman–Crippen LogP) is 1.80. The molecule has 3 aromatic rings. The smallest absolute Gasteiger partial charge is 0.200 e. The monoisotopic (exact) mass is 226 g/mol. The first-order valence-electron chi connectivity index (χ1n) is 5.18. The predicted molar refractivity (Wildman–Crippen MR) is 62.8 cm³/mol. The largest absolute Gasteiger partial charge is 0.482 e. The Morgan fingerprint density at radius 2 is 1.88 bits per heavy atom. The Labute approximate surface area is 97.7 Å². The van der Waals surface area contributed by atoms with Crippen molar-refractivity contribution in [3.05, 3.63) is 42.7 Å². The molecule has 0 aliphatic carbocycles. The number of rotatable bonds is 2. The third-order valence-corrected chi connectivity index (χ3v) is 2.54. The van der Waals surface area contributed by atoms with E-state index >= 15 is 0 Å². The van der Waals surface area contributed by atoms with E-state index in [0.29, 0.717) is 5.88 Å². The second-order valence-corrected chi connectivity index (χ2v) is 3.52. The maximum Gasteiger partial charge on any atom is 0.200 e. The van der Waals surface area contributed by atoms with Crippen molar-refractivity contribution >= 4 is 5.65 Å². The molecule has 84 valence electrons. The zero-order valence-electron chi connectivity index (χ0n) is 9.24. The van der Waals surface area contributed by atoms with Crippen molar-refractivity contribution in [1.82, 2.24) is 19.6 Å². The molecule has 17 heavy (non-hydrogen) atoms. The quantitative estimate of drug-likeness (QED) is 0.668. The van der Waals surface area contributed by atoms with E-state index in [1.807, 2.05) is 34.7 Å². The number of fused-ring (bicyclic) bond motifs is 1. The number of ether oxygens (including phenoxy) is 1. The van der Waals surface area contributed by atoms with Crippen LogP contribution in [0.2, 0.25) is 0 Å². The first-order chi connectivity index (χ1) is 8.40. The van der Waals surface area contributed by atoms with Crippen molar-refractivity contribution in [2.75, 3.05) is 7.11 Å². The summed E-state index contributed by atoms with van der Waals surface area (Å²) in [5, 5.41) is 8.30. The lowest BCUT2D eigenvalue weighted by Crippen LogP contribution is -1.95. The Morgan fingerprint density at radius 3 is 2.65 bits per heavy atom. The summed E-state index contributed by atoms with van der Waals surface area (Å²) in [5.41, 5.74) is 1.72. The van der Waals surface area contributed by atoms with Crippen molar-refractivity contribution < 1.29 is 4.74 Å². The van der Waals surface area contributed by atoms with E-state index in [0.717, 1.165) is 17.0 Å². The van der Waals surface area contributed by atoms with Gasteiger partial charge in [0.15, 0.2) is 11.5 Å². The van der Waals surface area contributed by atoms with Crippen molar-refractivity contribution in [2.24, 2.45) is 0 Å². The molecule has 0 aliphatic rings. The fraction of sp³-hybridized carbons (Fsp3) is 0.0833. The lowest BCUT2D eigenvalue weighted by atomic mass is 10.2. The Balaban J connectivity index is 2.31. The van der Waals surface area contributed by atoms with Gasteiger partial charge in [0, 0.05) is 18.0 Å². The van der Waals surface area contributed by atoms with Gasteiger partial charge in [0.25, 0.3) is 0 Å². The third-order valence-electron chi connectivity index (χ3n) is 2.54. The number of aromatic nitrogens is 4. The van der Waals surface area contributed by atoms with Gasteiger partial charge >= 0.3 is 0 Å². The summed E-state index contributed by atoms with van der Waals surface area (Å²) in [5.74, 6) is 1.46. The van der Waals surface area contributed by atoms with Crippen LogP contribution in [0.25, 0.3) is 17.0 Å². The maximum absolute atomic E-state index is 5.32. The van der Waals surface area contributed by atoms with Crippen LogP contribution in [0.4, 0.5) is 0 Å². The Kier molecular flexibility index (Phi) is 2.22. The van der Waals surface area contributed by atoms with Crippen LogP contribution in [-0.4, -0.2) is 26.7 Å². The van der Waals surface area contributed by atoms with Crippen LogP contribution in [-0.2, 0) is 0 Å². The molecular weight excluding hydrogens is 216 g/mol. The number of hydrogen-bond acceptors (Lipinski definition) is 4. The molecule has 5 nitrogen and oxygen atoms in total. The minimum atomic E-state index is 0.708. The highest BCUT2D eigenvalue weighted by Crippen LogP contribution is 2.22. The fourth-order valence-electron chi connectivity index (χ4n) is 1.76. The minimum absolute atomic E-state index is 0.708. The molecule has 0 unspecified atom stereocenters. The zero-order valence-corrected chi connectivity index (χ0v) is 9.24. The Morgan fingerprint density at radius 1 is 1.06 bits per heavy atom. The summed E-state index contributed by atoms with van der Waals surface area (Å²) in [6.07, 6.45) is 3.46. The molecule has 3 aromatic heterocycles. The summed E-state index contributed by atoms with van der Waals surface area (Å²) < 4.78 is 7.19. The molecule has 0 atom stereocenters. The highest BCUT2D eigenvalue weighted by molar-refractivity contribution is 5.60. The molecule has 0 aromatic carbocycles. The van der Waals surface area contributed by atoms with Gasteiger partial charge < -0.3 is 4.74 Å². The van der Waals surface area contributed by atoms with E-state index in [-0.39, 0.29) is 0 Å². The summed E-state index contributed by atoms with van der Waals surface area (Å²) in [6, 6.07) is 9.44. The molecule has 0 radical (unpaired) electrons. The first kappa shape index (κ1) is 9.77.